The number of ether oxygens (including phenoxy) is 1. The van der Waals surface area contributed by atoms with Crippen LogP contribution >= 0.6 is 22.7 Å². The smallest absolute Gasteiger partial charge is 0.358 e. The highest BCUT2D eigenvalue weighted by molar-refractivity contribution is 7.14. The summed E-state index contributed by atoms with van der Waals surface area (Å²) in [6.45, 7) is 1.59. The minimum atomic E-state index is -0.652. The molecule has 4 nitrogen and oxygen atoms in total. The van der Waals surface area contributed by atoms with Crippen molar-refractivity contribution in [3.8, 4) is 10.6 Å². The molecule has 3 aromatic rings. The zero-order valence-electron chi connectivity index (χ0n) is 12.6. The van der Waals surface area contributed by atoms with E-state index in [1.807, 2.05) is 13.0 Å². The molecule has 0 bridgehead atoms. The summed E-state index contributed by atoms with van der Waals surface area (Å²) in [7, 11) is 0. The highest BCUT2D eigenvalue weighted by Gasteiger charge is 2.16. The normalized spacial score (nSPS) is 10.6. The number of benzene rings is 1. The van der Waals surface area contributed by atoms with Gasteiger partial charge in [-0.05, 0) is 43.3 Å². The molecule has 0 aliphatic rings. The SMILES string of the molecule is Cc1ccc(C(=O)COC(=O)c2csc(-c3ccc(F)cc3)n2)s1. The van der Waals surface area contributed by atoms with Gasteiger partial charge in [0.05, 0.1) is 4.88 Å². The number of nitrogens with zero attached hydrogens (tertiary/aromatic N) is 1. The first-order valence-electron chi connectivity index (χ1n) is 7.01. The lowest BCUT2D eigenvalue weighted by Crippen LogP contribution is -2.13. The van der Waals surface area contributed by atoms with Gasteiger partial charge >= 0.3 is 5.97 Å². The average molecular weight is 361 g/mol. The molecule has 0 unspecified atom stereocenters. The van der Waals surface area contributed by atoms with Crippen LogP contribution in [0.3, 0.4) is 0 Å². The monoisotopic (exact) mass is 361 g/mol. The van der Waals surface area contributed by atoms with Crippen molar-refractivity contribution in [2.45, 2.75) is 6.92 Å². The standard InChI is InChI=1S/C17H12FNO3S2/c1-10-2-7-15(24-10)14(20)8-22-17(21)13-9-23-16(19-13)11-3-5-12(18)6-4-11/h2-7,9H,8H2,1H3. The van der Waals surface area contributed by atoms with Gasteiger partial charge in [-0.2, -0.15) is 0 Å². The molecule has 0 N–H and O–H groups in total. The third kappa shape index (κ3) is 3.74. The minimum Gasteiger partial charge on any atom is -0.453 e. The van der Waals surface area contributed by atoms with E-state index in [0.717, 1.165) is 4.88 Å². The van der Waals surface area contributed by atoms with Crippen LogP contribution in [0.1, 0.15) is 25.0 Å². The topological polar surface area (TPSA) is 56.3 Å². The third-order valence-electron chi connectivity index (χ3n) is 3.15. The number of thiophene rings is 1. The number of ketones is 1. The van der Waals surface area contributed by atoms with Crippen LogP contribution in [0.5, 0.6) is 0 Å². The zero-order chi connectivity index (χ0) is 17.1. The fraction of sp³-hybridized carbons (Fsp3) is 0.118. The number of carbonyl (C=O) groups excluding carboxylic acids is 2. The minimum absolute atomic E-state index is 0.134. The Morgan fingerprint density at radius 1 is 1.17 bits per heavy atom. The Kier molecular flexibility index (Phi) is 4.82. The molecule has 24 heavy (non-hydrogen) atoms. The van der Waals surface area contributed by atoms with E-state index in [1.165, 1.54) is 34.8 Å². The van der Waals surface area contributed by atoms with Crippen molar-refractivity contribution in [2.24, 2.45) is 0 Å². The van der Waals surface area contributed by atoms with Crippen LogP contribution in [-0.2, 0) is 4.74 Å². The Morgan fingerprint density at radius 3 is 2.58 bits per heavy atom. The van der Waals surface area contributed by atoms with Crippen LogP contribution < -0.4 is 0 Å². The van der Waals surface area contributed by atoms with E-state index < -0.39 is 5.97 Å². The van der Waals surface area contributed by atoms with E-state index in [1.54, 1.807) is 23.6 Å². The maximum absolute atomic E-state index is 12.9. The molecule has 0 fully saturated rings. The van der Waals surface area contributed by atoms with E-state index in [0.29, 0.717) is 15.4 Å². The molecular formula is C17H12FNO3S2. The number of aryl methyl sites for hydroxylation is 1. The Bertz CT molecular complexity index is 883. The molecule has 2 aromatic heterocycles. The van der Waals surface area contributed by atoms with Gasteiger partial charge < -0.3 is 4.74 Å². The van der Waals surface area contributed by atoms with Crippen LogP contribution in [-0.4, -0.2) is 23.3 Å². The maximum Gasteiger partial charge on any atom is 0.358 e. The summed E-state index contributed by atoms with van der Waals surface area (Å²) in [6.07, 6.45) is 0. The number of Topliss-reactive ketones (excluding diaryl/α,β-unsaturated/α-hetero) is 1. The van der Waals surface area contributed by atoms with E-state index >= 15 is 0 Å². The fourth-order valence-electron chi connectivity index (χ4n) is 1.95. The second-order valence-electron chi connectivity index (χ2n) is 4.95. The van der Waals surface area contributed by atoms with Crippen molar-refractivity contribution in [1.82, 2.24) is 4.98 Å². The molecule has 0 atom stereocenters. The summed E-state index contributed by atoms with van der Waals surface area (Å²) >= 11 is 2.61. The molecule has 0 radical (unpaired) electrons. The summed E-state index contributed by atoms with van der Waals surface area (Å²) in [5.74, 6) is -1.23. The average Bonchev–Trinajstić information content (AvgIpc) is 3.22. The van der Waals surface area contributed by atoms with Crippen LogP contribution in [0.25, 0.3) is 10.6 Å². The van der Waals surface area contributed by atoms with Crippen LogP contribution in [0.2, 0.25) is 0 Å². The lowest BCUT2D eigenvalue weighted by atomic mass is 10.2. The second-order valence-corrected chi connectivity index (χ2v) is 7.10. The number of aromatic nitrogens is 1. The summed E-state index contributed by atoms with van der Waals surface area (Å²) in [5, 5.41) is 2.14. The molecule has 2 heterocycles. The van der Waals surface area contributed by atoms with Gasteiger partial charge in [-0.3, -0.25) is 4.79 Å². The van der Waals surface area contributed by atoms with Gasteiger partial charge in [0.1, 0.15) is 10.8 Å². The maximum atomic E-state index is 12.9. The summed E-state index contributed by atoms with van der Waals surface area (Å²) in [6, 6.07) is 9.39. The molecule has 0 aliphatic heterocycles. The number of carbonyl (C=O) groups is 2. The number of halogens is 1. The Hall–Kier alpha value is -2.38. The molecule has 122 valence electrons. The largest absolute Gasteiger partial charge is 0.453 e. The molecule has 0 saturated carbocycles. The van der Waals surface area contributed by atoms with Gasteiger partial charge in [0.25, 0.3) is 0 Å². The zero-order valence-corrected chi connectivity index (χ0v) is 14.2. The molecular weight excluding hydrogens is 349 g/mol. The summed E-state index contributed by atoms with van der Waals surface area (Å²) in [4.78, 5) is 29.7. The molecule has 3 rings (SSSR count). The van der Waals surface area contributed by atoms with Crippen molar-refractivity contribution >= 4 is 34.4 Å². The van der Waals surface area contributed by atoms with Gasteiger partial charge in [0, 0.05) is 15.8 Å². The molecule has 0 aliphatic carbocycles. The Balaban J connectivity index is 1.63. The number of hydrogen-bond donors (Lipinski definition) is 0. The van der Waals surface area contributed by atoms with Crippen LogP contribution in [0.15, 0.2) is 41.8 Å². The molecule has 0 spiro atoms. The van der Waals surface area contributed by atoms with Crippen molar-refractivity contribution in [3.05, 3.63) is 63.0 Å². The molecule has 1 aromatic carbocycles. The van der Waals surface area contributed by atoms with Gasteiger partial charge in [0.15, 0.2) is 12.3 Å². The predicted octanol–water partition coefficient (Wildman–Crippen LogP) is 4.36. The second kappa shape index (κ2) is 7.02. The Labute approximate surface area is 145 Å². The highest BCUT2D eigenvalue weighted by Crippen LogP contribution is 2.24. The van der Waals surface area contributed by atoms with Gasteiger partial charge in [-0.25, -0.2) is 14.2 Å². The Morgan fingerprint density at radius 2 is 1.92 bits per heavy atom. The number of thiazole rings is 1. The fourth-order valence-corrected chi connectivity index (χ4v) is 3.54. The van der Waals surface area contributed by atoms with Gasteiger partial charge in [-0.15, -0.1) is 22.7 Å². The van der Waals surface area contributed by atoms with Gasteiger partial charge in [-0.1, -0.05) is 0 Å². The lowest BCUT2D eigenvalue weighted by Gasteiger charge is -2.00. The van der Waals surface area contributed by atoms with Crippen LogP contribution in [0.4, 0.5) is 4.39 Å². The quantitative estimate of drug-likeness (QED) is 0.500. The third-order valence-corrected chi connectivity index (χ3v) is 5.09. The highest BCUT2D eigenvalue weighted by atomic mass is 32.1. The van der Waals surface area contributed by atoms with Crippen molar-refractivity contribution in [1.29, 1.82) is 0 Å². The van der Waals surface area contributed by atoms with Crippen molar-refractivity contribution < 1.29 is 18.7 Å². The number of rotatable bonds is 5. The summed E-state index contributed by atoms with van der Waals surface area (Å²) < 4.78 is 18.0. The molecule has 0 saturated heterocycles. The predicted molar refractivity (Wildman–Crippen MR) is 91.2 cm³/mol. The van der Waals surface area contributed by atoms with Crippen molar-refractivity contribution in [3.63, 3.8) is 0 Å². The lowest BCUT2D eigenvalue weighted by molar-refractivity contribution is 0.0471. The molecule has 7 heteroatoms. The van der Waals surface area contributed by atoms with E-state index in [4.69, 9.17) is 4.74 Å². The van der Waals surface area contributed by atoms with E-state index in [2.05, 4.69) is 4.98 Å². The first kappa shape index (κ1) is 16.5. The summed E-state index contributed by atoms with van der Waals surface area (Å²) in [5.41, 5.74) is 0.847. The van der Waals surface area contributed by atoms with Crippen molar-refractivity contribution in [2.75, 3.05) is 6.61 Å². The van der Waals surface area contributed by atoms with Crippen LogP contribution in [0, 0.1) is 12.7 Å². The number of hydrogen-bond acceptors (Lipinski definition) is 6. The first-order valence-corrected chi connectivity index (χ1v) is 8.71. The molecule has 0 amide bonds. The van der Waals surface area contributed by atoms with E-state index in [9.17, 15) is 14.0 Å². The number of esters is 1. The van der Waals surface area contributed by atoms with Gasteiger partial charge in [0.2, 0.25) is 5.78 Å². The van der Waals surface area contributed by atoms with E-state index in [-0.39, 0.29) is 23.9 Å². The first-order chi connectivity index (χ1) is 11.5.